The summed E-state index contributed by atoms with van der Waals surface area (Å²) in [6.07, 6.45) is 8.27. The molecule has 1 heterocycles. The van der Waals surface area contributed by atoms with Crippen molar-refractivity contribution in [1.29, 1.82) is 0 Å². The van der Waals surface area contributed by atoms with Crippen molar-refractivity contribution in [2.45, 2.75) is 25.5 Å². The fraction of sp³-hybridized carbons (Fsp3) is 0.462. The van der Waals surface area contributed by atoms with E-state index in [0.29, 0.717) is 23.5 Å². The molecule has 1 saturated carbocycles. The van der Waals surface area contributed by atoms with E-state index in [2.05, 4.69) is 17.3 Å². The van der Waals surface area contributed by atoms with E-state index in [9.17, 15) is 9.90 Å². The van der Waals surface area contributed by atoms with Crippen LogP contribution >= 0.6 is 0 Å². The minimum absolute atomic E-state index is 0. The molecule has 0 spiro atoms. The number of benzene rings is 1. The average molecular weight is 473 g/mol. The van der Waals surface area contributed by atoms with Gasteiger partial charge in [0.1, 0.15) is 6.61 Å². The second kappa shape index (κ2) is 10.3. The molecule has 3 aliphatic rings. The van der Waals surface area contributed by atoms with Crippen LogP contribution in [0.1, 0.15) is 40.6 Å². The van der Waals surface area contributed by atoms with Crippen LogP contribution < -0.4 is 39.4 Å². The van der Waals surface area contributed by atoms with Crippen molar-refractivity contribution in [3.63, 3.8) is 0 Å². The third-order valence-corrected chi connectivity index (χ3v) is 7.40. The van der Waals surface area contributed by atoms with Gasteiger partial charge in [-0.2, -0.15) is 0 Å². The summed E-state index contributed by atoms with van der Waals surface area (Å²) in [4.78, 5) is 14.8. The Kier molecular flexibility index (Phi) is 7.57. The first-order chi connectivity index (χ1) is 16.0. The molecule has 2 aromatic rings. The monoisotopic (exact) mass is 472 g/mol. The number of ether oxygens (including phenoxy) is 2. The van der Waals surface area contributed by atoms with Crippen LogP contribution in [0.4, 0.5) is 0 Å². The van der Waals surface area contributed by atoms with Gasteiger partial charge >= 0.3 is 35.5 Å². The van der Waals surface area contributed by atoms with Gasteiger partial charge in [0.05, 0.1) is 13.2 Å². The Bertz CT molecular complexity index is 1080. The molecule has 0 radical (unpaired) electrons. The van der Waals surface area contributed by atoms with Crippen LogP contribution in [0.3, 0.4) is 0 Å². The predicted octanol–water partition coefficient (Wildman–Crippen LogP) is 0.349. The molecule has 0 amide bonds. The van der Waals surface area contributed by atoms with Crippen LogP contribution in [0, 0.1) is 29.6 Å². The van der Waals surface area contributed by atoms with E-state index in [1.807, 2.05) is 55.4 Å². The molecule has 0 aliphatic heterocycles. The number of nitrogens with zero attached hydrogens (tertiary/aromatic N) is 2. The molecule has 6 atom stereocenters. The van der Waals surface area contributed by atoms with Crippen molar-refractivity contribution in [2.24, 2.45) is 29.6 Å². The van der Waals surface area contributed by atoms with E-state index < -0.39 is 5.97 Å². The number of fused-ring (bicyclic) bond motifs is 5. The normalized spacial score (nSPS) is 27.6. The molecule has 8 heteroatoms. The maximum Gasteiger partial charge on any atom is 1.00 e. The SMILES string of the molecule is COC(=O)c1c(OCc2ccccc2)noc1[C@@H]([C@H]1C=C([O-])[C@H]2[C@@H](C1)[C@H]1C=C[C@@H]2C1)N(C)C.[Na+]. The number of esters is 1. The molecule has 1 aromatic heterocycles. The standard InChI is InChI=1S/C26H30N2O5.Na/c1-28(2)23(18-12-19-16-9-10-17(11-16)21(19)20(29)13-18)24-22(26(30)31-3)25(27-33-24)32-14-15-7-5-4-6-8-15;/h4-10,13,16-19,21,23,29H,11-12,14H2,1-3H3;/q;+1/p-1/t16-,17+,18+,19-,21+,23+;/m0./s1. The molecule has 3 aliphatic carbocycles. The summed E-state index contributed by atoms with van der Waals surface area (Å²) in [5.41, 5.74) is 1.13. The zero-order valence-electron chi connectivity index (χ0n) is 20.1. The molecule has 34 heavy (non-hydrogen) atoms. The maximum absolute atomic E-state index is 13.1. The van der Waals surface area contributed by atoms with E-state index in [1.54, 1.807) is 0 Å². The summed E-state index contributed by atoms with van der Waals surface area (Å²) in [6, 6.07) is 9.30. The molecule has 0 saturated heterocycles. The number of aromatic nitrogens is 1. The summed E-state index contributed by atoms with van der Waals surface area (Å²) in [6.45, 7) is 0.247. The van der Waals surface area contributed by atoms with Gasteiger partial charge in [-0.05, 0) is 67.2 Å². The van der Waals surface area contributed by atoms with Gasteiger partial charge in [0, 0.05) is 0 Å². The Hall–Kier alpha value is -2.06. The number of hydrogen-bond acceptors (Lipinski definition) is 7. The first-order valence-corrected chi connectivity index (χ1v) is 11.5. The van der Waals surface area contributed by atoms with Crippen LogP contribution in [-0.2, 0) is 11.3 Å². The molecule has 5 rings (SSSR count). The Morgan fingerprint density at radius 2 is 1.94 bits per heavy atom. The van der Waals surface area contributed by atoms with Crippen molar-refractivity contribution in [1.82, 2.24) is 10.1 Å². The molecule has 7 nitrogen and oxygen atoms in total. The Morgan fingerprint density at radius 3 is 2.65 bits per heavy atom. The van der Waals surface area contributed by atoms with Crippen molar-refractivity contribution in [3.8, 4) is 5.88 Å². The van der Waals surface area contributed by atoms with Crippen molar-refractivity contribution >= 4 is 5.97 Å². The summed E-state index contributed by atoms with van der Waals surface area (Å²) in [7, 11) is 5.17. The fourth-order valence-corrected chi connectivity index (χ4v) is 6.01. The maximum atomic E-state index is 13.1. The molecule has 2 bridgehead atoms. The van der Waals surface area contributed by atoms with Gasteiger partial charge in [0.15, 0.2) is 11.3 Å². The molecule has 1 aromatic carbocycles. The average Bonchev–Trinajstić information content (AvgIpc) is 3.53. The Balaban J connectivity index is 0.00000274. The van der Waals surface area contributed by atoms with Gasteiger partial charge in [-0.15, -0.1) is 5.76 Å². The zero-order valence-corrected chi connectivity index (χ0v) is 22.1. The molecular weight excluding hydrogens is 443 g/mol. The fourth-order valence-electron chi connectivity index (χ4n) is 6.01. The van der Waals surface area contributed by atoms with Crippen LogP contribution in [0.2, 0.25) is 0 Å². The summed E-state index contributed by atoms with van der Waals surface area (Å²) < 4.78 is 16.6. The van der Waals surface area contributed by atoms with E-state index >= 15 is 0 Å². The second-order valence-electron chi connectivity index (χ2n) is 9.51. The van der Waals surface area contributed by atoms with E-state index in [-0.39, 0.29) is 71.2 Å². The van der Waals surface area contributed by atoms with Crippen LogP contribution in [0.15, 0.2) is 58.8 Å². The largest absolute Gasteiger partial charge is 1.00 e. The number of allylic oxidation sites excluding steroid dienone is 3. The second-order valence-corrected chi connectivity index (χ2v) is 9.51. The van der Waals surface area contributed by atoms with Crippen LogP contribution in [0.25, 0.3) is 0 Å². The van der Waals surface area contributed by atoms with Crippen molar-refractivity contribution in [2.75, 3.05) is 21.2 Å². The van der Waals surface area contributed by atoms with Gasteiger partial charge in [-0.25, -0.2) is 4.79 Å². The first kappa shape index (κ1) is 25.0. The molecule has 174 valence electrons. The molecule has 0 unspecified atom stereocenters. The zero-order chi connectivity index (χ0) is 23.1. The van der Waals surface area contributed by atoms with Crippen molar-refractivity contribution < 1.29 is 53.5 Å². The summed E-state index contributed by atoms with van der Waals surface area (Å²) in [5, 5.41) is 17.2. The van der Waals surface area contributed by atoms with Gasteiger partial charge in [0.25, 0.3) is 5.88 Å². The van der Waals surface area contributed by atoms with Gasteiger partial charge < -0.3 is 19.1 Å². The predicted molar refractivity (Wildman–Crippen MR) is 119 cm³/mol. The Morgan fingerprint density at radius 1 is 1.21 bits per heavy atom. The quantitative estimate of drug-likeness (QED) is 0.327. The molecular formula is C26H29N2NaO5. The number of hydrogen-bond donors (Lipinski definition) is 0. The number of carbonyl (C=O) groups is 1. The van der Waals surface area contributed by atoms with E-state index in [1.165, 1.54) is 7.11 Å². The minimum atomic E-state index is -0.566. The van der Waals surface area contributed by atoms with Crippen LogP contribution in [-0.4, -0.2) is 37.2 Å². The third-order valence-electron chi connectivity index (χ3n) is 7.40. The first-order valence-electron chi connectivity index (χ1n) is 11.5. The van der Waals surface area contributed by atoms with Gasteiger partial charge in [0.2, 0.25) is 0 Å². The van der Waals surface area contributed by atoms with Crippen LogP contribution in [0.5, 0.6) is 5.88 Å². The van der Waals surface area contributed by atoms with Crippen molar-refractivity contribution in [3.05, 3.63) is 71.2 Å². The van der Waals surface area contributed by atoms with Gasteiger partial charge in [-0.1, -0.05) is 48.6 Å². The third kappa shape index (κ3) is 4.47. The summed E-state index contributed by atoms with van der Waals surface area (Å²) in [5.74, 6) is 1.29. The number of methoxy groups -OCH3 is 1. The molecule has 1 fully saturated rings. The topological polar surface area (TPSA) is 87.9 Å². The minimum Gasteiger partial charge on any atom is -0.875 e. The van der Waals surface area contributed by atoms with E-state index in [4.69, 9.17) is 14.0 Å². The van der Waals surface area contributed by atoms with Gasteiger partial charge in [-0.3, -0.25) is 4.90 Å². The van der Waals surface area contributed by atoms with E-state index in [0.717, 1.165) is 18.4 Å². The smallest absolute Gasteiger partial charge is 0.875 e. The number of rotatable bonds is 7. The Labute approximate surface area is 222 Å². The number of carbonyl (C=O) groups excluding carboxylic acids is 1. The molecule has 0 N–H and O–H groups in total. The summed E-state index contributed by atoms with van der Waals surface area (Å²) >= 11 is 0.